The maximum Gasteiger partial charge on any atom is 0.312 e. The number of thioether (sulfide) groups is 1. The number of carbonyl (C=O) groups excluding carboxylic acids is 1. The fourth-order valence-electron chi connectivity index (χ4n) is 1.75. The number of benzene rings is 1. The minimum atomic E-state index is -1.05. The van der Waals surface area contributed by atoms with Crippen LogP contribution in [0.15, 0.2) is 24.3 Å². The molecule has 1 aromatic rings. The lowest BCUT2D eigenvalue weighted by molar-refractivity contribution is -0.138. The minimum absolute atomic E-state index is 0.00147. The van der Waals surface area contributed by atoms with Gasteiger partial charge in [-0.1, -0.05) is 19.1 Å². The SMILES string of the molecule is CSCC(C)C(=O)NCC(C(=O)O)c1ccc(F)cc1. The highest BCUT2D eigenvalue weighted by atomic mass is 32.2. The van der Waals surface area contributed by atoms with Gasteiger partial charge >= 0.3 is 5.97 Å². The molecule has 110 valence electrons. The summed E-state index contributed by atoms with van der Waals surface area (Å²) in [7, 11) is 0. The van der Waals surface area contributed by atoms with E-state index in [2.05, 4.69) is 5.32 Å². The molecular formula is C14H18FNO3S. The molecule has 0 spiro atoms. The molecule has 2 atom stereocenters. The Morgan fingerprint density at radius 1 is 1.35 bits per heavy atom. The lowest BCUT2D eigenvalue weighted by Gasteiger charge is -2.16. The number of carboxylic acid groups (broad SMARTS) is 1. The molecule has 1 aromatic carbocycles. The van der Waals surface area contributed by atoms with Crippen LogP contribution in [0.25, 0.3) is 0 Å². The highest BCUT2D eigenvalue weighted by Gasteiger charge is 2.22. The second-order valence-corrected chi connectivity index (χ2v) is 5.45. The molecule has 0 saturated heterocycles. The Hall–Kier alpha value is -1.56. The second-order valence-electron chi connectivity index (χ2n) is 4.54. The summed E-state index contributed by atoms with van der Waals surface area (Å²) in [6.07, 6.45) is 1.91. The van der Waals surface area contributed by atoms with Gasteiger partial charge in [-0.25, -0.2) is 4.39 Å². The molecule has 0 aliphatic heterocycles. The van der Waals surface area contributed by atoms with Gasteiger partial charge in [-0.3, -0.25) is 9.59 Å². The van der Waals surface area contributed by atoms with Gasteiger partial charge in [0.1, 0.15) is 5.82 Å². The Kier molecular flexibility index (Phi) is 6.51. The number of rotatable bonds is 7. The second kappa shape index (κ2) is 7.89. The van der Waals surface area contributed by atoms with Crippen molar-refractivity contribution in [3.8, 4) is 0 Å². The Morgan fingerprint density at radius 2 is 1.95 bits per heavy atom. The molecule has 0 fully saturated rings. The number of aliphatic carboxylic acids is 1. The summed E-state index contributed by atoms with van der Waals surface area (Å²) in [5.41, 5.74) is 0.469. The van der Waals surface area contributed by atoms with Crippen molar-refractivity contribution in [2.24, 2.45) is 5.92 Å². The Labute approximate surface area is 121 Å². The largest absolute Gasteiger partial charge is 0.481 e. The third-order valence-corrected chi connectivity index (χ3v) is 3.75. The zero-order chi connectivity index (χ0) is 15.1. The zero-order valence-electron chi connectivity index (χ0n) is 11.4. The van der Waals surface area contributed by atoms with Gasteiger partial charge in [-0.2, -0.15) is 11.8 Å². The Bertz CT molecular complexity index is 464. The summed E-state index contributed by atoms with van der Waals surface area (Å²) in [6.45, 7) is 1.79. The number of hydrogen-bond acceptors (Lipinski definition) is 3. The first-order valence-electron chi connectivity index (χ1n) is 6.20. The number of amides is 1. The molecule has 0 aliphatic rings. The van der Waals surface area contributed by atoms with Crippen LogP contribution in [0.3, 0.4) is 0 Å². The smallest absolute Gasteiger partial charge is 0.312 e. The lowest BCUT2D eigenvalue weighted by Crippen LogP contribution is -2.35. The standard InChI is InChI=1S/C14H18FNO3S/c1-9(8-20-2)13(17)16-7-12(14(18)19)10-3-5-11(15)6-4-10/h3-6,9,12H,7-8H2,1-2H3,(H,16,17)(H,18,19). The molecule has 1 rings (SSSR count). The van der Waals surface area contributed by atoms with Crippen LogP contribution in [0.1, 0.15) is 18.4 Å². The predicted octanol–water partition coefficient (Wildman–Crippen LogP) is 2.11. The number of carbonyl (C=O) groups is 2. The summed E-state index contributed by atoms with van der Waals surface area (Å²) >= 11 is 1.56. The first-order chi connectivity index (χ1) is 9.45. The molecule has 4 nitrogen and oxygen atoms in total. The van der Waals surface area contributed by atoms with E-state index >= 15 is 0 Å². The monoisotopic (exact) mass is 299 g/mol. The van der Waals surface area contributed by atoms with Gasteiger partial charge in [0.2, 0.25) is 5.91 Å². The van der Waals surface area contributed by atoms with Gasteiger partial charge in [-0.05, 0) is 24.0 Å². The van der Waals surface area contributed by atoms with E-state index in [0.717, 1.165) is 0 Å². The van der Waals surface area contributed by atoms with Crippen molar-refractivity contribution in [3.63, 3.8) is 0 Å². The van der Waals surface area contributed by atoms with E-state index < -0.39 is 17.7 Å². The average molecular weight is 299 g/mol. The van der Waals surface area contributed by atoms with Crippen LogP contribution in [-0.2, 0) is 9.59 Å². The van der Waals surface area contributed by atoms with Crippen molar-refractivity contribution in [1.82, 2.24) is 5.32 Å². The van der Waals surface area contributed by atoms with Crippen LogP contribution in [0, 0.1) is 11.7 Å². The van der Waals surface area contributed by atoms with Crippen LogP contribution in [-0.4, -0.2) is 35.5 Å². The Balaban J connectivity index is 2.67. The summed E-state index contributed by atoms with van der Waals surface area (Å²) in [4.78, 5) is 23.0. The van der Waals surface area contributed by atoms with Crippen molar-refractivity contribution in [2.75, 3.05) is 18.6 Å². The van der Waals surface area contributed by atoms with E-state index in [9.17, 15) is 19.1 Å². The van der Waals surface area contributed by atoms with Crippen LogP contribution in [0.4, 0.5) is 4.39 Å². The first kappa shape index (κ1) is 16.5. The molecule has 2 N–H and O–H groups in total. The van der Waals surface area contributed by atoms with Crippen molar-refractivity contribution in [1.29, 1.82) is 0 Å². The minimum Gasteiger partial charge on any atom is -0.481 e. The van der Waals surface area contributed by atoms with Crippen molar-refractivity contribution in [2.45, 2.75) is 12.8 Å². The molecule has 0 aromatic heterocycles. The van der Waals surface area contributed by atoms with Crippen LogP contribution in [0.5, 0.6) is 0 Å². The fourth-order valence-corrected chi connectivity index (χ4v) is 2.40. The lowest BCUT2D eigenvalue weighted by atomic mass is 9.99. The predicted molar refractivity (Wildman–Crippen MR) is 77.3 cm³/mol. The van der Waals surface area contributed by atoms with Gasteiger partial charge in [-0.15, -0.1) is 0 Å². The van der Waals surface area contributed by atoms with Crippen LogP contribution >= 0.6 is 11.8 Å². The van der Waals surface area contributed by atoms with E-state index in [4.69, 9.17) is 0 Å². The molecule has 0 aliphatic carbocycles. The molecule has 6 heteroatoms. The molecule has 0 heterocycles. The van der Waals surface area contributed by atoms with E-state index in [1.807, 2.05) is 6.26 Å². The molecule has 1 amide bonds. The summed E-state index contributed by atoms with van der Waals surface area (Å²) in [5, 5.41) is 11.8. The fraction of sp³-hybridized carbons (Fsp3) is 0.429. The van der Waals surface area contributed by atoms with Gasteiger partial charge in [0, 0.05) is 18.2 Å². The normalized spacial score (nSPS) is 13.6. The number of hydrogen-bond donors (Lipinski definition) is 2. The average Bonchev–Trinajstić information content (AvgIpc) is 2.40. The number of nitrogens with one attached hydrogen (secondary N) is 1. The van der Waals surface area contributed by atoms with Crippen LogP contribution < -0.4 is 5.32 Å². The maximum absolute atomic E-state index is 12.8. The van der Waals surface area contributed by atoms with E-state index in [1.165, 1.54) is 24.3 Å². The number of carboxylic acids is 1. The van der Waals surface area contributed by atoms with Crippen molar-refractivity contribution < 1.29 is 19.1 Å². The van der Waals surface area contributed by atoms with Gasteiger partial charge < -0.3 is 10.4 Å². The topological polar surface area (TPSA) is 66.4 Å². The quantitative estimate of drug-likeness (QED) is 0.809. The van der Waals surface area contributed by atoms with E-state index in [0.29, 0.717) is 11.3 Å². The first-order valence-corrected chi connectivity index (χ1v) is 7.60. The third kappa shape index (κ3) is 4.85. The number of halogens is 1. The third-order valence-electron chi connectivity index (χ3n) is 2.92. The molecule has 2 unspecified atom stereocenters. The van der Waals surface area contributed by atoms with Gasteiger partial charge in [0.15, 0.2) is 0 Å². The molecule has 0 bridgehead atoms. The summed E-state index contributed by atoms with van der Waals surface area (Å²) in [5.74, 6) is -2.01. The summed E-state index contributed by atoms with van der Waals surface area (Å²) < 4.78 is 12.8. The Morgan fingerprint density at radius 3 is 2.45 bits per heavy atom. The molecule has 0 saturated carbocycles. The van der Waals surface area contributed by atoms with Gasteiger partial charge in [0.05, 0.1) is 5.92 Å². The highest BCUT2D eigenvalue weighted by molar-refractivity contribution is 7.98. The van der Waals surface area contributed by atoms with E-state index in [1.54, 1.807) is 18.7 Å². The van der Waals surface area contributed by atoms with Crippen molar-refractivity contribution in [3.05, 3.63) is 35.6 Å². The molecular weight excluding hydrogens is 281 g/mol. The van der Waals surface area contributed by atoms with Gasteiger partial charge in [0.25, 0.3) is 0 Å². The molecule has 20 heavy (non-hydrogen) atoms. The van der Waals surface area contributed by atoms with E-state index in [-0.39, 0.29) is 18.4 Å². The van der Waals surface area contributed by atoms with Crippen molar-refractivity contribution >= 4 is 23.6 Å². The van der Waals surface area contributed by atoms with Crippen LogP contribution in [0.2, 0.25) is 0 Å². The summed E-state index contributed by atoms with van der Waals surface area (Å²) in [6, 6.07) is 5.27. The molecule has 0 radical (unpaired) electrons. The zero-order valence-corrected chi connectivity index (χ0v) is 12.2. The highest BCUT2D eigenvalue weighted by Crippen LogP contribution is 2.16. The maximum atomic E-state index is 12.8.